The molecule has 2 rings (SSSR count). The lowest BCUT2D eigenvalue weighted by Gasteiger charge is -2.31. The molecule has 0 atom stereocenters. The molecule has 1 heterocycles. The Bertz CT molecular complexity index is 686. The van der Waals surface area contributed by atoms with Crippen LogP contribution in [0.25, 0.3) is 6.08 Å². The predicted molar refractivity (Wildman–Crippen MR) is 87.2 cm³/mol. The van der Waals surface area contributed by atoms with E-state index >= 15 is 0 Å². The first-order chi connectivity index (χ1) is 10.8. The number of primary amides is 1. The van der Waals surface area contributed by atoms with Crippen LogP contribution in [0.2, 0.25) is 0 Å². The summed E-state index contributed by atoms with van der Waals surface area (Å²) in [5.74, 6) is -1.02. The van der Waals surface area contributed by atoms with Crippen molar-refractivity contribution in [3.05, 3.63) is 35.4 Å². The number of amides is 3. The van der Waals surface area contributed by atoms with Crippen molar-refractivity contribution in [1.29, 1.82) is 0 Å². The van der Waals surface area contributed by atoms with E-state index in [9.17, 15) is 14.4 Å². The van der Waals surface area contributed by atoms with Gasteiger partial charge in [-0.25, -0.2) is 0 Å². The fourth-order valence-electron chi connectivity index (χ4n) is 1.96. The zero-order chi connectivity index (χ0) is 17.1. The predicted octanol–water partition coefficient (Wildman–Crippen LogP) is 0.149. The summed E-state index contributed by atoms with van der Waals surface area (Å²) in [7, 11) is 3.03. The monoisotopic (exact) mass is 333 g/mol. The van der Waals surface area contributed by atoms with Crippen LogP contribution in [0, 0.1) is 0 Å². The second-order valence-corrected chi connectivity index (χ2v) is 5.26. The third-order valence-corrected chi connectivity index (χ3v) is 3.76. The standard InChI is InChI=1S/C15H15N3O4S/c1-17-13(20)11(14(21)18(2)15(17)23)7-9-3-5-10(6-4-9)22-8-12(16)19/h3-7H,8H2,1-2H3,(H2,16,19). The molecule has 1 aliphatic rings. The third-order valence-electron chi connectivity index (χ3n) is 3.22. The normalized spacial score (nSPS) is 15.0. The van der Waals surface area contributed by atoms with Gasteiger partial charge in [0.2, 0.25) is 0 Å². The van der Waals surface area contributed by atoms with Gasteiger partial charge in [0.1, 0.15) is 11.3 Å². The highest BCUT2D eigenvalue weighted by Crippen LogP contribution is 2.19. The number of hydrogen-bond acceptors (Lipinski definition) is 5. The van der Waals surface area contributed by atoms with Gasteiger partial charge in [-0.1, -0.05) is 12.1 Å². The van der Waals surface area contributed by atoms with Crippen LogP contribution in [-0.2, 0) is 14.4 Å². The van der Waals surface area contributed by atoms with Crippen LogP contribution >= 0.6 is 12.2 Å². The summed E-state index contributed by atoms with van der Waals surface area (Å²) in [5.41, 5.74) is 5.66. The van der Waals surface area contributed by atoms with E-state index in [2.05, 4.69) is 0 Å². The molecule has 1 aromatic carbocycles. The van der Waals surface area contributed by atoms with Gasteiger partial charge >= 0.3 is 0 Å². The Kier molecular flexibility index (Phi) is 4.75. The van der Waals surface area contributed by atoms with Gasteiger partial charge in [-0.15, -0.1) is 0 Å². The topological polar surface area (TPSA) is 92.9 Å². The first-order valence-electron chi connectivity index (χ1n) is 6.64. The maximum atomic E-state index is 12.2. The number of nitrogens with two attached hydrogens (primary N) is 1. The molecule has 8 heteroatoms. The van der Waals surface area contributed by atoms with Crippen molar-refractivity contribution in [1.82, 2.24) is 9.80 Å². The summed E-state index contributed by atoms with van der Waals surface area (Å²) in [6.45, 7) is -0.218. The van der Waals surface area contributed by atoms with Crippen LogP contribution in [0.3, 0.4) is 0 Å². The second-order valence-electron chi connectivity index (χ2n) is 4.89. The summed E-state index contributed by atoms with van der Waals surface area (Å²) in [6, 6.07) is 6.56. The SMILES string of the molecule is CN1C(=O)C(=Cc2ccc(OCC(N)=O)cc2)C(=O)N(C)C1=S. The van der Waals surface area contributed by atoms with Crippen LogP contribution in [0.5, 0.6) is 5.75 Å². The zero-order valence-electron chi connectivity index (χ0n) is 12.6. The maximum Gasteiger partial charge on any atom is 0.265 e. The Morgan fingerprint density at radius 2 is 1.70 bits per heavy atom. The van der Waals surface area contributed by atoms with E-state index in [-0.39, 0.29) is 17.3 Å². The minimum Gasteiger partial charge on any atom is -0.484 e. The summed E-state index contributed by atoms with van der Waals surface area (Å²) in [5, 5.41) is 0.160. The molecule has 3 amide bonds. The molecule has 0 saturated carbocycles. The Hall–Kier alpha value is -2.74. The number of thiocarbonyl (C=S) groups is 1. The Morgan fingerprint density at radius 1 is 1.17 bits per heavy atom. The molecular formula is C15H15N3O4S. The van der Waals surface area contributed by atoms with Crippen LogP contribution in [-0.4, -0.2) is 53.3 Å². The van der Waals surface area contributed by atoms with Gasteiger partial charge in [0, 0.05) is 14.1 Å². The van der Waals surface area contributed by atoms with Crippen molar-refractivity contribution < 1.29 is 19.1 Å². The van der Waals surface area contributed by atoms with Crippen LogP contribution in [0.15, 0.2) is 29.8 Å². The second kappa shape index (κ2) is 6.57. The van der Waals surface area contributed by atoms with E-state index in [1.807, 2.05) is 0 Å². The highest BCUT2D eigenvalue weighted by molar-refractivity contribution is 7.80. The highest BCUT2D eigenvalue weighted by atomic mass is 32.1. The van der Waals surface area contributed by atoms with E-state index in [0.29, 0.717) is 11.3 Å². The van der Waals surface area contributed by atoms with Gasteiger partial charge in [0.15, 0.2) is 11.7 Å². The third kappa shape index (κ3) is 3.54. The number of rotatable bonds is 4. The summed E-state index contributed by atoms with van der Waals surface area (Å²) in [4.78, 5) is 37.5. The minimum atomic E-state index is -0.573. The fourth-order valence-corrected chi connectivity index (χ4v) is 2.12. The first-order valence-corrected chi connectivity index (χ1v) is 7.05. The fraction of sp³-hybridized carbons (Fsp3) is 0.200. The number of ether oxygens (including phenoxy) is 1. The average Bonchev–Trinajstić information content (AvgIpc) is 2.54. The molecule has 1 saturated heterocycles. The average molecular weight is 333 g/mol. The lowest BCUT2D eigenvalue weighted by molar-refractivity contribution is -0.132. The Morgan fingerprint density at radius 3 is 2.17 bits per heavy atom. The van der Waals surface area contributed by atoms with Crippen molar-refractivity contribution in [2.75, 3.05) is 20.7 Å². The van der Waals surface area contributed by atoms with E-state index in [1.54, 1.807) is 24.3 Å². The van der Waals surface area contributed by atoms with Gasteiger partial charge in [0.25, 0.3) is 17.7 Å². The van der Waals surface area contributed by atoms with E-state index in [4.69, 9.17) is 22.7 Å². The van der Waals surface area contributed by atoms with Gasteiger partial charge < -0.3 is 10.5 Å². The molecule has 1 fully saturated rings. The number of carbonyl (C=O) groups is 3. The zero-order valence-corrected chi connectivity index (χ0v) is 13.4. The Labute approximate surface area is 138 Å². The van der Waals surface area contributed by atoms with E-state index in [0.717, 1.165) is 0 Å². The van der Waals surface area contributed by atoms with Gasteiger partial charge in [-0.05, 0) is 36.0 Å². The van der Waals surface area contributed by atoms with Gasteiger partial charge in [-0.2, -0.15) is 0 Å². The van der Waals surface area contributed by atoms with Crippen LogP contribution < -0.4 is 10.5 Å². The molecule has 2 N–H and O–H groups in total. The summed E-state index contributed by atoms with van der Waals surface area (Å²) < 4.78 is 5.14. The van der Waals surface area contributed by atoms with E-state index < -0.39 is 17.7 Å². The lowest BCUT2D eigenvalue weighted by Crippen LogP contribution is -2.52. The number of benzene rings is 1. The first kappa shape index (κ1) is 16.6. The van der Waals surface area contributed by atoms with E-state index in [1.165, 1.54) is 30.0 Å². The largest absolute Gasteiger partial charge is 0.484 e. The lowest BCUT2D eigenvalue weighted by atomic mass is 10.1. The molecular weight excluding hydrogens is 318 g/mol. The quantitative estimate of drug-likeness (QED) is 0.481. The number of likely N-dealkylation sites (N-methyl/N-ethyl adjacent to an activating group) is 2. The molecule has 0 unspecified atom stereocenters. The van der Waals surface area contributed by atoms with Crippen molar-refractivity contribution >= 4 is 41.1 Å². The molecule has 0 aliphatic carbocycles. The molecule has 0 spiro atoms. The summed E-state index contributed by atoms with van der Waals surface area (Å²) >= 11 is 5.02. The molecule has 1 aliphatic heterocycles. The molecule has 7 nitrogen and oxygen atoms in total. The van der Waals surface area contributed by atoms with Gasteiger partial charge in [-0.3, -0.25) is 24.2 Å². The van der Waals surface area contributed by atoms with Crippen molar-refractivity contribution in [2.45, 2.75) is 0 Å². The smallest absolute Gasteiger partial charge is 0.265 e. The Balaban J connectivity index is 2.23. The number of hydrogen-bond donors (Lipinski definition) is 1. The molecule has 0 aromatic heterocycles. The van der Waals surface area contributed by atoms with Crippen molar-refractivity contribution in [3.8, 4) is 5.75 Å². The molecule has 23 heavy (non-hydrogen) atoms. The molecule has 120 valence electrons. The molecule has 0 bridgehead atoms. The minimum absolute atomic E-state index is 0.0226. The number of carbonyl (C=O) groups excluding carboxylic acids is 3. The van der Waals surface area contributed by atoms with Crippen molar-refractivity contribution in [3.63, 3.8) is 0 Å². The molecule has 0 radical (unpaired) electrons. The maximum absolute atomic E-state index is 12.2. The highest BCUT2D eigenvalue weighted by Gasteiger charge is 2.35. The van der Waals surface area contributed by atoms with Crippen LogP contribution in [0.4, 0.5) is 0 Å². The molecule has 1 aromatic rings. The number of nitrogens with zero attached hydrogens (tertiary/aromatic N) is 2. The van der Waals surface area contributed by atoms with Crippen LogP contribution in [0.1, 0.15) is 5.56 Å². The summed E-state index contributed by atoms with van der Waals surface area (Å²) in [6.07, 6.45) is 1.48. The van der Waals surface area contributed by atoms with Crippen molar-refractivity contribution in [2.24, 2.45) is 5.73 Å². The van der Waals surface area contributed by atoms with Gasteiger partial charge in [0.05, 0.1) is 0 Å².